The van der Waals surface area contributed by atoms with Crippen molar-refractivity contribution >= 4 is 12.1 Å². The molecular weight excluding hydrogens is 416 g/mol. The van der Waals surface area contributed by atoms with E-state index in [-0.39, 0.29) is 24.4 Å². The van der Waals surface area contributed by atoms with Gasteiger partial charge in [0.1, 0.15) is 17.2 Å². The van der Waals surface area contributed by atoms with Crippen molar-refractivity contribution in [3.63, 3.8) is 0 Å². The normalized spacial score (nSPS) is 12.3. The van der Waals surface area contributed by atoms with Crippen LogP contribution in [0.5, 0.6) is 0 Å². The summed E-state index contributed by atoms with van der Waals surface area (Å²) in [5.41, 5.74) is 1.98. The zero-order chi connectivity index (χ0) is 24.2. The van der Waals surface area contributed by atoms with E-state index >= 15 is 4.39 Å². The van der Waals surface area contributed by atoms with Crippen LogP contribution in [-0.2, 0) is 14.3 Å². The highest BCUT2D eigenvalue weighted by atomic mass is 19.1. The summed E-state index contributed by atoms with van der Waals surface area (Å²) in [4.78, 5) is 24.7. The van der Waals surface area contributed by atoms with Gasteiger partial charge < -0.3 is 14.8 Å². The third kappa shape index (κ3) is 6.05. The molecule has 0 bridgehead atoms. The second kappa shape index (κ2) is 10.1. The van der Waals surface area contributed by atoms with Gasteiger partial charge in [-0.1, -0.05) is 12.1 Å². The maximum absolute atomic E-state index is 15.4. The number of halogens is 2. The highest BCUT2D eigenvalue weighted by Gasteiger charge is 2.27. The lowest BCUT2D eigenvalue weighted by Gasteiger charge is -2.25. The van der Waals surface area contributed by atoms with Crippen LogP contribution in [0, 0.1) is 32.4 Å². The predicted molar refractivity (Wildman–Crippen MR) is 119 cm³/mol. The van der Waals surface area contributed by atoms with Crippen molar-refractivity contribution in [1.82, 2.24) is 5.32 Å². The third-order valence-corrected chi connectivity index (χ3v) is 5.15. The maximum Gasteiger partial charge on any atom is 0.408 e. The number of nitrogens with one attached hydrogen (secondary N) is 1. The Bertz CT molecular complexity index is 1010. The number of amides is 1. The standard InChI is InChI=1S/C25H31F2NO4/c1-8-31-22(29)13-21(28-24(30)32-25(5,6)7)19-12-18(14(2)15(3)23(19)27)17-10-9-11-20(26)16(17)4/h9-12,21H,8,13H2,1-7H3,(H,28,30). The lowest BCUT2D eigenvalue weighted by molar-refractivity contribution is -0.143. The molecule has 0 fully saturated rings. The summed E-state index contributed by atoms with van der Waals surface area (Å²) in [7, 11) is 0. The molecule has 174 valence electrons. The lowest BCUT2D eigenvalue weighted by Crippen LogP contribution is -2.36. The summed E-state index contributed by atoms with van der Waals surface area (Å²) in [5, 5.41) is 2.60. The number of carbonyl (C=O) groups excluding carboxylic acids is 2. The SMILES string of the molecule is CCOC(=O)CC(NC(=O)OC(C)(C)C)c1cc(-c2cccc(F)c2C)c(C)c(C)c1F. The number of hydrogen-bond donors (Lipinski definition) is 1. The molecule has 2 rings (SSSR count). The Labute approximate surface area is 188 Å². The van der Waals surface area contributed by atoms with Gasteiger partial charge in [-0.2, -0.15) is 0 Å². The molecule has 2 aromatic rings. The number of benzene rings is 2. The lowest BCUT2D eigenvalue weighted by atomic mass is 9.88. The molecule has 1 N–H and O–H groups in total. The Hall–Kier alpha value is -2.96. The van der Waals surface area contributed by atoms with Crippen molar-refractivity contribution in [2.75, 3.05) is 6.61 Å². The summed E-state index contributed by atoms with van der Waals surface area (Å²) in [6.45, 7) is 11.9. The highest BCUT2D eigenvalue weighted by molar-refractivity contribution is 5.76. The maximum atomic E-state index is 15.4. The van der Waals surface area contributed by atoms with Crippen molar-refractivity contribution in [1.29, 1.82) is 0 Å². The van der Waals surface area contributed by atoms with E-state index in [0.29, 0.717) is 27.8 Å². The first kappa shape index (κ1) is 25.3. The number of carbonyl (C=O) groups is 2. The molecule has 0 saturated heterocycles. The van der Waals surface area contributed by atoms with Crippen LogP contribution in [0.4, 0.5) is 13.6 Å². The van der Waals surface area contributed by atoms with E-state index in [9.17, 15) is 14.0 Å². The first-order chi connectivity index (χ1) is 14.9. The zero-order valence-electron chi connectivity index (χ0n) is 19.7. The van der Waals surface area contributed by atoms with Crippen LogP contribution in [-0.4, -0.2) is 24.3 Å². The zero-order valence-corrected chi connectivity index (χ0v) is 19.7. The van der Waals surface area contributed by atoms with E-state index in [2.05, 4.69) is 5.32 Å². The van der Waals surface area contributed by atoms with Crippen LogP contribution in [0.3, 0.4) is 0 Å². The third-order valence-electron chi connectivity index (χ3n) is 5.15. The quantitative estimate of drug-likeness (QED) is 0.546. The molecule has 7 heteroatoms. The summed E-state index contributed by atoms with van der Waals surface area (Å²) in [6, 6.07) is 5.23. The Morgan fingerprint density at radius 2 is 1.69 bits per heavy atom. The van der Waals surface area contributed by atoms with Gasteiger partial charge in [-0.25, -0.2) is 13.6 Å². The molecule has 0 saturated carbocycles. The smallest absolute Gasteiger partial charge is 0.408 e. The second-order valence-electron chi connectivity index (χ2n) is 8.70. The Kier molecular flexibility index (Phi) is 7.99. The van der Waals surface area contributed by atoms with Crippen LogP contribution in [0.25, 0.3) is 11.1 Å². The fourth-order valence-corrected chi connectivity index (χ4v) is 3.42. The van der Waals surface area contributed by atoms with Gasteiger partial charge >= 0.3 is 12.1 Å². The molecule has 0 aliphatic rings. The molecule has 0 aliphatic heterocycles. The topological polar surface area (TPSA) is 64.6 Å². The Morgan fingerprint density at radius 1 is 1.03 bits per heavy atom. The average molecular weight is 448 g/mol. The Balaban J connectivity index is 2.61. The van der Waals surface area contributed by atoms with Crippen LogP contribution < -0.4 is 5.32 Å². The molecule has 0 spiro atoms. The van der Waals surface area contributed by atoms with Gasteiger partial charge in [0.15, 0.2) is 0 Å². The molecule has 0 heterocycles. The second-order valence-corrected chi connectivity index (χ2v) is 8.70. The van der Waals surface area contributed by atoms with E-state index in [1.54, 1.807) is 66.7 Å². The molecule has 5 nitrogen and oxygen atoms in total. The van der Waals surface area contributed by atoms with E-state index in [4.69, 9.17) is 9.47 Å². The van der Waals surface area contributed by atoms with Crippen molar-refractivity contribution in [2.45, 2.75) is 66.5 Å². The molecule has 1 amide bonds. The fraction of sp³-hybridized carbons (Fsp3) is 0.440. The molecule has 0 aromatic heterocycles. The van der Waals surface area contributed by atoms with E-state index in [1.165, 1.54) is 6.07 Å². The van der Waals surface area contributed by atoms with E-state index in [0.717, 1.165) is 0 Å². The summed E-state index contributed by atoms with van der Waals surface area (Å²) in [5.74, 6) is -1.51. The van der Waals surface area contributed by atoms with Gasteiger partial charge in [-0.05, 0) is 88.4 Å². The predicted octanol–water partition coefficient (Wildman–Crippen LogP) is 6.08. The summed E-state index contributed by atoms with van der Waals surface area (Å²) in [6.07, 6.45) is -1.07. The van der Waals surface area contributed by atoms with Crippen molar-refractivity contribution < 1.29 is 27.8 Å². The molecule has 32 heavy (non-hydrogen) atoms. The van der Waals surface area contributed by atoms with Gasteiger partial charge in [0, 0.05) is 5.56 Å². The number of ether oxygens (including phenoxy) is 2. The molecular formula is C25H31F2NO4. The fourth-order valence-electron chi connectivity index (χ4n) is 3.42. The number of rotatable bonds is 6. The van der Waals surface area contributed by atoms with Crippen LogP contribution in [0.2, 0.25) is 0 Å². The van der Waals surface area contributed by atoms with Crippen LogP contribution in [0.15, 0.2) is 24.3 Å². The van der Waals surface area contributed by atoms with Crippen molar-refractivity contribution in [2.24, 2.45) is 0 Å². The number of hydrogen-bond acceptors (Lipinski definition) is 4. The van der Waals surface area contributed by atoms with Gasteiger partial charge in [-0.3, -0.25) is 4.79 Å². The molecule has 2 aromatic carbocycles. The Morgan fingerprint density at radius 3 is 2.28 bits per heavy atom. The van der Waals surface area contributed by atoms with Crippen molar-refractivity contribution in [3.05, 3.63) is 58.2 Å². The largest absolute Gasteiger partial charge is 0.466 e. The van der Waals surface area contributed by atoms with Gasteiger partial charge in [0.25, 0.3) is 0 Å². The van der Waals surface area contributed by atoms with Gasteiger partial charge in [0.05, 0.1) is 19.1 Å². The minimum Gasteiger partial charge on any atom is -0.466 e. The first-order valence-corrected chi connectivity index (χ1v) is 10.6. The van der Waals surface area contributed by atoms with Crippen molar-refractivity contribution in [3.8, 4) is 11.1 Å². The molecule has 1 atom stereocenters. The van der Waals surface area contributed by atoms with E-state index < -0.39 is 29.5 Å². The molecule has 1 unspecified atom stereocenters. The molecule has 0 radical (unpaired) electrons. The number of alkyl carbamates (subject to hydrolysis) is 1. The summed E-state index contributed by atoms with van der Waals surface area (Å²) >= 11 is 0. The van der Waals surface area contributed by atoms with Crippen LogP contribution >= 0.6 is 0 Å². The minimum absolute atomic E-state index is 0.102. The van der Waals surface area contributed by atoms with Crippen LogP contribution in [0.1, 0.15) is 62.4 Å². The van der Waals surface area contributed by atoms with Gasteiger partial charge in [-0.15, -0.1) is 0 Å². The van der Waals surface area contributed by atoms with E-state index in [1.807, 2.05) is 0 Å². The average Bonchev–Trinajstić information content (AvgIpc) is 2.67. The first-order valence-electron chi connectivity index (χ1n) is 10.6. The highest BCUT2D eigenvalue weighted by Crippen LogP contribution is 2.35. The summed E-state index contributed by atoms with van der Waals surface area (Å²) < 4.78 is 39.9. The molecule has 0 aliphatic carbocycles. The minimum atomic E-state index is -1.03. The number of esters is 1. The monoisotopic (exact) mass is 447 g/mol. The van der Waals surface area contributed by atoms with Gasteiger partial charge in [0.2, 0.25) is 0 Å².